The van der Waals surface area contributed by atoms with Gasteiger partial charge >= 0.3 is 5.97 Å². The van der Waals surface area contributed by atoms with E-state index in [1.165, 1.54) is 6.92 Å². The lowest BCUT2D eigenvalue weighted by atomic mass is 10.0. The molecule has 30 heavy (non-hydrogen) atoms. The molecule has 0 saturated heterocycles. The normalized spacial score (nSPS) is 14.8. The number of aliphatic hydroxyl groups is 1. The van der Waals surface area contributed by atoms with E-state index in [0.717, 1.165) is 0 Å². The molecule has 0 saturated carbocycles. The highest BCUT2D eigenvalue weighted by Gasteiger charge is 2.28. The molecule has 0 spiro atoms. The van der Waals surface area contributed by atoms with E-state index < -0.39 is 54.5 Å². The molecule has 0 aliphatic rings. The molecule has 0 aliphatic carbocycles. The summed E-state index contributed by atoms with van der Waals surface area (Å²) >= 11 is 0. The highest BCUT2D eigenvalue weighted by atomic mass is 16.4. The van der Waals surface area contributed by atoms with Crippen molar-refractivity contribution < 1.29 is 29.4 Å². The van der Waals surface area contributed by atoms with E-state index in [1.54, 1.807) is 0 Å². The molecule has 0 fully saturated rings. The van der Waals surface area contributed by atoms with Crippen molar-refractivity contribution >= 4 is 23.7 Å². The third kappa shape index (κ3) is 11.7. The molecule has 0 aromatic carbocycles. The van der Waals surface area contributed by atoms with Crippen LogP contribution in [0.25, 0.3) is 0 Å². The number of aliphatic carboxylic acids is 1. The number of amides is 3. The highest BCUT2D eigenvalue weighted by molar-refractivity contribution is 5.93. The van der Waals surface area contributed by atoms with Crippen molar-refractivity contribution in [3.8, 4) is 0 Å². The number of carbonyl (C=O) groups is 4. The number of carboxylic acids is 1. The molecule has 0 heterocycles. The molecular formula is C18H36N6O6. The number of carboxylic acid groups (broad SMARTS) is 1. The summed E-state index contributed by atoms with van der Waals surface area (Å²) in [5.41, 5.74) is 16.5. The number of nitrogens with one attached hydrogen (secondary N) is 3. The van der Waals surface area contributed by atoms with Crippen LogP contribution in [0, 0.1) is 0 Å². The van der Waals surface area contributed by atoms with Crippen molar-refractivity contribution in [1.29, 1.82) is 0 Å². The zero-order valence-corrected chi connectivity index (χ0v) is 17.4. The standard InChI is InChI=1S/C18H36N6O6/c1-11(25)15(21)18(30)24-13(7-3-5-9-20)17(29)23-12(6-2-4-8-19)16(28)22-10-14(26)27/h11-13,15,25H,2-10,19-21H2,1H3,(H,22,28)(H,23,29)(H,24,30)(H,26,27). The smallest absolute Gasteiger partial charge is 0.322 e. The number of aliphatic hydroxyl groups excluding tert-OH is 1. The summed E-state index contributed by atoms with van der Waals surface area (Å²) in [5, 5.41) is 25.5. The van der Waals surface area contributed by atoms with E-state index in [1.807, 2.05) is 0 Å². The zero-order valence-electron chi connectivity index (χ0n) is 17.4. The fourth-order valence-corrected chi connectivity index (χ4v) is 2.57. The van der Waals surface area contributed by atoms with Crippen molar-refractivity contribution in [2.75, 3.05) is 19.6 Å². The van der Waals surface area contributed by atoms with Crippen LogP contribution in [-0.4, -0.2) is 77.8 Å². The second kappa shape index (κ2) is 15.5. The summed E-state index contributed by atoms with van der Waals surface area (Å²) in [6, 6.07) is -3.19. The lowest BCUT2D eigenvalue weighted by Crippen LogP contribution is -2.57. The van der Waals surface area contributed by atoms with Crippen LogP contribution in [0.2, 0.25) is 0 Å². The molecule has 11 N–H and O–H groups in total. The Balaban J connectivity index is 5.22. The third-order valence-corrected chi connectivity index (χ3v) is 4.40. The maximum atomic E-state index is 12.8. The fourth-order valence-electron chi connectivity index (χ4n) is 2.57. The first kappa shape index (κ1) is 27.7. The molecule has 4 unspecified atom stereocenters. The fraction of sp³-hybridized carbons (Fsp3) is 0.778. The number of nitrogens with two attached hydrogens (primary N) is 3. The lowest BCUT2D eigenvalue weighted by Gasteiger charge is -2.24. The van der Waals surface area contributed by atoms with Gasteiger partial charge in [-0.3, -0.25) is 19.2 Å². The van der Waals surface area contributed by atoms with Crippen molar-refractivity contribution in [2.45, 2.75) is 69.7 Å². The Labute approximate surface area is 176 Å². The van der Waals surface area contributed by atoms with E-state index in [0.29, 0.717) is 38.8 Å². The molecule has 0 aliphatic heterocycles. The van der Waals surface area contributed by atoms with Crippen molar-refractivity contribution in [2.24, 2.45) is 17.2 Å². The number of hydrogen-bond donors (Lipinski definition) is 8. The zero-order chi connectivity index (χ0) is 23.1. The summed E-state index contributed by atoms with van der Waals surface area (Å²) in [6.07, 6.45) is 1.74. The lowest BCUT2D eigenvalue weighted by molar-refractivity contribution is -0.138. The van der Waals surface area contributed by atoms with Gasteiger partial charge in [-0.25, -0.2) is 0 Å². The van der Waals surface area contributed by atoms with Gasteiger partial charge in [0.2, 0.25) is 17.7 Å². The Morgan fingerprint density at radius 3 is 1.73 bits per heavy atom. The Hall–Kier alpha value is -2.28. The van der Waals surface area contributed by atoms with E-state index in [9.17, 15) is 24.3 Å². The topological polar surface area (TPSA) is 223 Å². The van der Waals surface area contributed by atoms with Gasteiger partial charge in [0.05, 0.1) is 6.10 Å². The minimum absolute atomic E-state index is 0.255. The van der Waals surface area contributed by atoms with Crippen LogP contribution in [0.5, 0.6) is 0 Å². The second-order valence-corrected chi connectivity index (χ2v) is 7.07. The van der Waals surface area contributed by atoms with E-state index in [-0.39, 0.29) is 12.8 Å². The van der Waals surface area contributed by atoms with Gasteiger partial charge in [0, 0.05) is 0 Å². The predicted molar refractivity (Wildman–Crippen MR) is 110 cm³/mol. The highest BCUT2D eigenvalue weighted by Crippen LogP contribution is 2.06. The molecule has 12 heteroatoms. The van der Waals surface area contributed by atoms with Crippen molar-refractivity contribution in [1.82, 2.24) is 16.0 Å². The first-order valence-electron chi connectivity index (χ1n) is 10.1. The molecule has 12 nitrogen and oxygen atoms in total. The molecule has 0 bridgehead atoms. The molecule has 0 rings (SSSR count). The van der Waals surface area contributed by atoms with E-state index >= 15 is 0 Å². The Morgan fingerprint density at radius 2 is 1.30 bits per heavy atom. The van der Waals surface area contributed by atoms with E-state index in [2.05, 4.69) is 16.0 Å². The van der Waals surface area contributed by atoms with Crippen molar-refractivity contribution in [3.05, 3.63) is 0 Å². The number of unbranched alkanes of at least 4 members (excludes halogenated alkanes) is 2. The molecule has 174 valence electrons. The average molecular weight is 433 g/mol. The molecule has 3 amide bonds. The van der Waals surface area contributed by atoms with Gasteiger partial charge in [0.1, 0.15) is 24.7 Å². The van der Waals surface area contributed by atoms with Crippen LogP contribution < -0.4 is 33.2 Å². The van der Waals surface area contributed by atoms with Crippen LogP contribution in [0.4, 0.5) is 0 Å². The number of hydrogen-bond acceptors (Lipinski definition) is 8. The van der Waals surface area contributed by atoms with Gasteiger partial charge in [-0.1, -0.05) is 0 Å². The monoisotopic (exact) mass is 432 g/mol. The molecule has 4 atom stereocenters. The number of rotatable bonds is 16. The van der Waals surface area contributed by atoms with Gasteiger partial charge in [-0.15, -0.1) is 0 Å². The average Bonchev–Trinajstić information content (AvgIpc) is 2.69. The minimum Gasteiger partial charge on any atom is -0.480 e. The summed E-state index contributed by atoms with van der Waals surface area (Å²) < 4.78 is 0. The van der Waals surface area contributed by atoms with Crippen LogP contribution in [-0.2, 0) is 19.2 Å². The SMILES string of the molecule is CC(O)C(N)C(=O)NC(CCCCN)C(=O)NC(CCCCN)C(=O)NCC(=O)O. The predicted octanol–water partition coefficient (Wildman–Crippen LogP) is -2.88. The van der Waals surface area contributed by atoms with Crippen LogP contribution in [0.3, 0.4) is 0 Å². The summed E-state index contributed by atoms with van der Waals surface area (Å²) in [5.74, 6) is -3.17. The van der Waals surface area contributed by atoms with Gasteiger partial charge < -0.3 is 43.4 Å². The Bertz CT molecular complexity index is 559. The Morgan fingerprint density at radius 1 is 0.833 bits per heavy atom. The largest absolute Gasteiger partial charge is 0.480 e. The number of carbonyl (C=O) groups excluding carboxylic acids is 3. The maximum Gasteiger partial charge on any atom is 0.322 e. The second-order valence-electron chi connectivity index (χ2n) is 7.07. The molecule has 0 aromatic rings. The first-order valence-corrected chi connectivity index (χ1v) is 10.1. The summed E-state index contributed by atoms with van der Waals surface area (Å²) in [6.45, 7) is 1.59. The van der Waals surface area contributed by atoms with Gasteiger partial charge in [0.25, 0.3) is 0 Å². The molecule has 0 radical (unpaired) electrons. The van der Waals surface area contributed by atoms with E-state index in [4.69, 9.17) is 22.3 Å². The molecular weight excluding hydrogens is 396 g/mol. The maximum absolute atomic E-state index is 12.8. The summed E-state index contributed by atoms with van der Waals surface area (Å²) in [7, 11) is 0. The van der Waals surface area contributed by atoms with Gasteiger partial charge in [-0.2, -0.15) is 0 Å². The molecule has 0 aromatic heterocycles. The van der Waals surface area contributed by atoms with Gasteiger partial charge in [0.15, 0.2) is 0 Å². The minimum atomic E-state index is -1.21. The Kier molecular flexibility index (Phi) is 14.4. The summed E-state index contributed by atoms with van der Waals surface area (Å²) in [4.78, 5) is 47.9. The van der Waals surface area contributed by atoms with Crippen molar-refractivity contribution in [3.63, 3.8) is 0 Å². The van der Waals surface area contributed by atoms with Gasteiger partial charge in [-0.05, 0) is 58.5 Å². The van der Waals surface area contributed by atoms with Crippen LogP contribution >= 0.6 is 0 Å². The third-order valence-electron chi connectivity index (χ3n) is 4.40. The van der Waals surface area contributed by atoms with Crippen LogP contribution in [0.1, 0.15) is 45.4 Å². The first-order chi connectivity index (χ1) is 14.1. The van der Waals surface area contributed by atoms with Crippen LogP contribution in [0.15, 0.2) is 0 Å². The quantitative estimate of drug-likeness (QED) is 0.117.